The lowest BCUT2D eigenvalue weighted by Gasteiger charge is -2.08. The fraction of sp³-hybridized carbons (Fsp3) is 0.250. The number of furan rings is 1. The molecular formula is C16H15NO4S. The van der Waals surface area contributed by atoms with E-state index in [1.54, 1.807) is 29.8 Å². The highest BCUT2D eigenvalue weighted by molar-refractivity contribution is 7.09. The number of ether oxygens (including phenoxy) is 1. The standard InChI is InChI=1S/C16H15NO4S/c1-8-4-13-11(15(16(18)19)10(3)21-13)5-12(8)20-6-14-9(2)17-7-22-14/h4-5,7H,6H2,1-3H3,(H,18,19). The number of rotatable bonds is 4. The number of carboxylic acid groups (broad SMARTS) is 1. The Balaban J connectivity index is 1.99. The van der Waals surface area contributed by atoms with Crippen molar-refractivity contribution in [1.82, 2.24) is 4.98 Å². The number of aryl methyl sites for hydroxylation is 3. The van der Waals surface area contributed by atoms with Gasteiger partial charge in [0, 0.05) is 5.39 Å². The molecule has 1 aromatic carbocycles. The Morgan fingerprint density at radius 1 is 1.36 bits per heavy atom. The second kappa shape index (κ2) is 5.46. The zero-order valence-corrected chi connectivity index (χ0v) is 13.3. The van der Waals surface area contributed by atoms with Gasteiger partial charge in [0.1, 0.15) is 29.3 Å². The summed E-state index contributed by atoms with van der Waals surface area (Å²) in [6.45, 7) is 5.92. The van der Waals surface area contributed by atoms with Crippen LogP contribution in [0.5, 0.6) is 5.75 Å². The predicted molar refractivity (Wildman–Crippen MR) is 83.8 cm³/mol. The molecule has 0 spiro atoms. The van der Waals surface area contributed by atoms with Crippen molar-refractivity contribution in [2.75, 3.05) is 0 Å². The minimum Gasteiger partial charge on any atom is -0.488 e. The van der Waals surface area contributed by atoms with Gasteiger partial charge in [0.2, 0.25) is 0 Å². The lowest BCUT2D eigenvalue weighted by molar-refractivity contribution is 0.0697. The fourth-order valence-corrected chi connectivity index (χ4v) is 3.06. The van der Waals surface area contributed by atoms with Crippen LogP contribution in [0.2, 0.25) is 0 Å². The molecule has 22 heavy (non-hydrogen) atoms. The first kappa shape index (κ1) is 14.6. The molecule has 2 heterocycles. The van der Waals surface area contributed by atoms with E-state index in [0.717, 1.165) is 16.1 Å². The van der Waals surface area contributed by atoms with Gasteiger partial charge < -0.3 is 14.3 Å². The second-order valence-electron chi connectivity index (χ2n) is 5.10. The molecule has 0 atom stereocenters. The number of aromatic carboxylic acids is 1. The van der Waals surface area contributed by atoms with E-state index in [-0.39, 0.29) is 5.56 Å². The zero-order valence-electron chi connectivity index (χ0n) is 12.5. The molecule has 1 N–H and O–H groups in total. The summed E-state index contributed by atoms with van der Waals surface area (Å²) in [7, 11) is 0. The number of aromatic nitrogens is 1. The topological polar surface area (TPSA) is 72.6 Å². The van der Waals surface area contributed by atoms with Crippen molar-refractivity contribution >= 4 is 28.3 Å². The number of fused-ring (bicyclic) bond motifs is 1. The molecule has 0 amide bonds. The normalized spacial score (nSPS) is 11.0. The maximum Gasteiger partial charge on any atom is 0.339 e. The third kappa shape index (κ3) is 2.46. The number of benzene rings is 1. The lowest BCUT2D eigenvalue weighted by atomic mass is 10.1. The number of thiazole rings is 1. The van der Waals surface area contributed by atoms with Crippen molar-refractivity contribution in [3.63, 3.8) is 0 Å². The Morgan fingerprint density at radius 3 is 2.77 bits per heavy atom. The maximum atomic E-state index is 11.4. The summed E-state index contributed by atoms with van der Waals surface area (Å²) >= 11 is 1.54. The van der Waals surface area contributed by atoms with Crippen molar-refractivity contribution in [1.29, 1.82) is 0 Å². The second-order valence-corrected chi connectivity index (χ2v) is 6.04. The van der Waals surface area contributed by atoms with Crippen molar-refractivity contribution in [2.45, 2.75) is 27.4 Å². The number of carboxylic acids is 1. The van der Waals surface area contributed by atoms with Crippen LogP contribution in [0.1, 0.15) is 32.3 Å². The van der Waals surface area contributed by atoms with Crippen LogP contribution in [0, 0.1) is 20.8 Å². The van der Waals surface area contributed by atoms with Crippen molar-refractivity contribution in [3.05, 3.63) is 45.1 Å². The highest BCUT2D eigenvalue weighted by Crippen LogP contribution is 2.32. The summed E-state index contributed by atoms with van der Waals surface area (Å²) in [5.41, 5.74) is 4.39. The van der Waals surface area contributed by atoms with Gasteiger partial charge in [0.05, 0.1) is 16.1 Å². The number of hydrogen-bond donors (Lipinski definition) is 1. The SMILES string of the molecule is Cc1cc2oc(C)c(C(=O)O)c2cc1OCc1scnc1C. The zero-order chi connectivity index (χ0) is 15.9. The highest BCUT2D eigenvalue weighted by Gasteiger charge is 2.19. The maximum absolute atomic E-state index is 11.4. The molecule has 0 fully saturated rings. The molecule has 0 aliphatic rings. The molecule has 3 aromatic rings. The minimum absolute atomic E-state index is 0.189. The highest BCUT2D eigenvalue weighted by atomic mass is 32.1. The van der Waals surface area contributed by atoms with E-state index in [4.69, 9.17) is 9.15 Å². The largest absolute Gasteiger partial charge is 0.488 e. The van der Waals surface area contributed by atoms with Gasteiger partial charge in [0.25, 0.3) is 0 Å². The van der Waals surface area contributed by atoms with E-state index in [9.17, 15) is 9.90 Å². The molecule has 0 aliphatic carbocycles. The Kier molecular flexibility index (Phi) is 3.62. The van der Waals surface area contributed by atoms with Crippen molar-refractivity contribution in [2.24, 2.45) is 0 Å². The third-order valence-corrected chi connectivity index (χ3v) is 4.49. The Bertz CT molecular complexity index is 863. The van der Waals surface area contributed by atoms with Crippen LogP contribution in [0.15, 0.2) is 22.1 Å². The lowest BCUT2D eigenvalue weighted by Crippen LogP contribution is -1.99. The van der Waals surface area contributed by atoms with Crippen LogP contribution in [0.4, 0.5) is 0 Å². The van der Waals surface area contributed by atoms with Crippen LogP contribution >= 0.6 is 11.3 Å². The molecule has 5 nitrogen and oxygen atoms in total. The summed E-state index contributed by atoms with van der Waals surface area (Å²) in [6, 6.07) is 3.55. The first-order chi connectivity index (χ1) is 10.5. The average Bonchev–Trinajstić information content (AvgIpc) is 2.98. The van der Waals surface area contributed by atoms with Crippen LogP contribution in [-0.2, 0) is 6.61 Å². The fourth-order valence-electron chi connectivity index (χ4n) is 2.38. The Hall–Kier alpha value is -2.34. The van der Waals surface area contributed by atoms with Gasteiger partial charge in [-0.05, 0) is 38.5 Å². The number of carbonyl (C=O) groups is 1. The van der Waals surface area contributed by atoms with Gasteiger partial charge in [-0.1, -0.05) is 0 Å². The van der Waals surface area contributed by atoms with E-state index in [1.807, 2.05) is 19.9 Å². The molecule has 114 valence electrons. The van der Waals surface area contributed by atoms with Crippen molar-refractivity contribution in [3.8, 4) is 5.75 Å². The molecule has 0 saturated carbocycles. The van der Waals surface area contributed by atoms with Crippen LogP contribution in [-0.4, -0.2) is 16.1 Å². The Labute approximate surface area is 131 Å². The van der Waals surface area contributed by atoms with Crippen LogP contribution < -0.4 is 4.74 Å². The third-order valence-electron chi connectivity index (χ3n) is 3.58. The summed E-state index contributed by atoms with van der Waals surface area (Å²) in [5.74, 6) is 0.0605. The molecule has 0 saturated heterocycles. The first-order valence-corrected chi connectivity index (χ1v) is 7.64. The summed E-state index contributed by atoms with van der Waals surface area (Å²) in [6.07, 6.45) is 0. The number of nitrogens with zero attached hydrogens (tertiary/aromatic N) is 1. The van der Waals surface area contributed by atoms with Crippen molar-refractivity contribution < 1.29 is 19.1 Å². The molecule has 3 rings (SSSR count). The molecule has 0 aliphatic heterocycles. The van der Waals surface area contributed by atoms with Gasteiger partial charge in [-0.2, -0.15) is 0 Å². The molecule has 0 bridgehead atoms. The number of hydrogen-bond acceptors (Lipinski definition) is 5. The quantitative estimate of drug-likeness (QED) is 0.784. The smallest absolute Gasteiger partial charge is 0.339 e. The monoisotopic (exact) mass is 317 g/mol. The molecule has 2 aromatic heterocycles. The summed E-state index contributed by atoms with van der Waals surface area (Å²) in [4.78, 5) is 16.6. The van der Waals surface area contributed by atoms with Gasteiger partial charge in [-0.25, -0.2) is 9.78 Å². The van der Waals surface area contributed by atoms with Crippen LogP contribution in [0.3, 0.4) is 0 Å². The predicted octanol–water partition coefficient (Wildman–Crippen LogP) is 4.09. The van der Waals surface area contributed by atoms with Gasteiger partial charge in [-0.3, -0.25) is 0 Å². The van der Waals surface area contributed by atoms with Gasteiger partial charge in [0.15, 0.2) is 0 Å². The van der Waals surface area contributed by atoms with Gasteiger partial charge >= 0.3 is 5.97 Å². The molecular weight excluding hydrogens is 302 g/mol. The van der Waals surface area contributed by atoms with E-state index < -0.39 is 5.97 Å². The summed E-state index contributed by atoms with van der Waals surface area (Å²) < 4.78 is 11.4. The van der Waals surface area contributed by atoms with E-state index in [1.165, 1.54) is 0 Å². The minimum atomic E-state index is -0.996. The molecule has 0 unspecified atom stereocenters. The Morgan fingerprint density at radius 2 is 2.14 bits per heavy atom. The molecule has 6 heteroatoms. The molecule has 0 radical (unpaired) electrons. The van der Waals surface area contributed by atoms with E-state index in [2.05, 4.69) is 4.98 Å². The summed E-state index contributed by atoms with van der Waals surface area (Å²) in [5, 5.41) is 9.88. The van der Waals surface area contributed by atoms with Crippen LogP contribution in [0.25, 0.3) is 11.0 Å². The van der Waals surface area contributed by atoms with E-state index >= 15 is 0 Å². The first-order valence-electron chi connectivity index (χ1n) is 6.76. The van der Waals surface area contributed by atoms with E-state index in [0.29, 0.717) is 29.1 Å². The van der Waals surface area contributed by atoms with Gasteiger partial charge in [-0.15, -0.1) is 11.3 Å². The average molecular weight is 317 g/mol.